The number of nitrogens with two attached hydrogens (primary N) is 1. The fourth-order valence-electron chi connectivity index (χ4n) is 2.95. The maximum absolute atomic E-state index is 12.1. The summed E-state index contributed by atoms with van der Waals surface area (Å²) in [6.07, 6.45) is 5.27. The van der Waals surface area contributed by atoms with E-state index in [0.29, 0.717) is 17.5 Å². The van der Waals surface area contributed by atoms with Gasteiger partial charge in [-0.25, -0.2) is 0 Å². The van der Waals surface area contributed by atoms with E-state index in [1.54, 1.807) is 0 Å². The van der Waals surface area contributed by atoms with Crippen LogP contribution in [-0.2, 0) is 10.3 Å². The molecular formula is C15H21ClN2O. The first-order chi connectivity index (χ1) is 9.08. The minimum absolute atomic E-state index is 0.329. The summed E-state index contributed by atoms with van der Waals surface area (Å²) in [5, 5.41) is 4.12. The van der Waals surface area contributed by atoms with Crippen molar-refractivity contribution in [3.63, 3.8) is 0 Å². The number of nitrogens with one attached hydrogen (secondary N) is 1. The van der Waals surface area contributed by atoms with Crippen molar-refractivity contribution in [1.82, 2.24) is 5.32 Å². The number of primary amides is 1. The molecule has 0 aromatic heterocycles. The monoisotopic (exact) mass is 280 g/mol. The second kappa shape index (κ2) is 5.93. The molecule has 0 spiro atoms. The number of rotatable bonds is 5. The number of carbonyl (C=O) groups is 1. The van der Waals surface area contributed by atoms with Crippen LogP contribution in [0.25, 0.3) is 0 Å². The van der Waals surface area contributed by atoms with Gasteiger partial charge in [0, 0.05) is 11.1 Å². The van der Waals surface area contributed by atoms with E-state index in [1.807, 2.05) is 31.2 Å². The van der Waals surface area contributed by atoms with E-state index in [-0.39, 0.29) is 5.91 Å². The largest absolute Gasteiger partial charge is 0.368 e. The molecule has 2 rings (SSSR count). The summed E-state index contributed by atoms with van der Waals surface area (Å²) in [6.45, 7) is 1.98. The first-order valence-corrected chi connectivity index (χ1v) is 7.30. The van der Waals surface area contributed by atoms with E-state index in [4.69, 9.17) is 17.3 Å². The smallest absolute Gasteiger partial charge is 0.242 e. The standard InChI is InChI=1S/C15H21ClN2O/c1-2-15(14(17)19,18-13-8-3-4-9-13)11-6-5-7-12(16)10-11/h5-7,10,13,18H,2-4,8-9H2,1H3,(H2,17,19). The summed E-state index contributed by atoms with van der Waals surface area (Å²) in [5.41, 5.74) is 5.76. The molecule has 1 saturated carbocycles. The van der Waals surface area contributed by atoms with Crippen LogP contribution in [0.3, 0.4) is 0 Å². The van der Waals surface area contributed by atoms with Gasteiger partial charge in [-0.2, -0.15) is 0 Å². The lowest BCUT2D eigenvalue weighted by molar-refractivity contribution is -0.125. The van der Waals surface area contributed by atoms with Crippen molar-refractivity contribution in [2.24, 2.45) is 5.73 Å². The highest BCUT2D eigenvalue weighted by atomic mass is 35.5. The molecule has 19 heavy (non-hydrogen) atoms. The first-order valence-electron chi connectivity index (χ1n) is 6.92. The SMILES string of the molecule is CCC(NC1CCCC1)(C(N)=O)c1cccc(Cl)c1. The minimum atomic E-state index is -0.806. The van der Waals surface area contributed by atoms with Crippen molar-refractivity contribution >= 4 is 17.5 Å². The molecule has 0 heterocycles. The molecule has 1 aliphatic rings. The highest BCUT2D eigenvalue weighted by Gasteiger charge is 2.39. The summed E-state index contributed by atoms with van der Waals surface area (Å²) >= 11 is 6.05. The number of benzene rings is 1. The topological polar surface area (TPSA) is 55.1 Å². The third-order valence-corrected chi connectivity index (χ3v) is 4.31. The van der Waals surface area contributed by atoms with Crippen LogP contribution in [0, 0.1) is 0 Å². The maximum atomic E-state index is 12.1. The van der Waals surface area contributed by atoms with Gasteiger partial charge in [-0.05, 0) is 37.0 Å². The van der Waals surface area contributed by atoms with E-state index in [0.717, 1.165) is 18.4 Å². The van der Waals surface area contributed by atoms with E-state index in [1.165, 1.54) is 12.8 Å². The zero-order chi connectivity index (χ0) is 13.9. The van der Waals surface area contributed by atoms with E-state index >= 15 is 0 Å². The Morgan fingerprint density at radius 1 is 1.47 bits per heavy atom. The second-order valence-electron chi connectivity index (χ2n) is 5.26. The Bertz CT molecular complexity index is 457. The summed E-state index contributed by atoms with van der Waals surface area (Å²) in [6, 6.07) is 7.79. The van der Waals surface area contributed by atoms with Crippen LogP contribution in [0.2, 0.25) is 5.02 Å². The number of hydrogen-bond donors (Lipinski definition) is 2. The van der Waals surface area contributed by atoms with Crippen LogP contribution >= 0.6 is 11.6 Å². The number of hydrogen-bond acceptors (Lipinski definition) is 2. The number of carbonyl (C=O) groups excluding carboxylic acids is 1. The Balaban J connectivity index is 2.35. The lowest BCUT2D eigenvalue weighted by Crippen LogP contribution is -2.55. The van der Waals surface area contributed by atoms with Crippen LogP contribution in [0.1, 0.15) is 44.6 Å². The molecule has 0 radical (unpaired) electrons. The molecule has 0 saturated heterocycles. The van der Waals surface area contributed by atoms with Gasteiger partial charge >= 0.3 is 0 Å². The predicted octanol–water partition coefficient (Wildman–Crippen LogP) is 2.96. The molecule has 0 aliphatic heterocycles. The highest BCUT2D eigenvalue weighted by Crippen LogP contribution is 2.30. The Hall–Kier alpha value is -1.06. The van der Waals surface area contributed by atoms with Crippen molar-refractivity contribution in [2.45, 2.75) is 50.6 Å². The second-order valence-corrected chi connectivity index (χ2v) is 5.70. The molecule has 104 valence electrons. The van der Waals surface area contributed by atoms with Gasteiger partial charge in [0.25, 0.3) is 0 Å². The average Bonchev–Trinajstić information content (AvgIpc) is 2.88. The van der Waals surface area contributed by atoms with E-state index in [9.17, 15) is 4.79 Å². The van der Waals surface area contributed by atoms with E-state index < -0.39 is 5.54 Å². The Kier molecular flexibility index (Phi) is 4.48. The molecule has 1 unspecified atom stereocenters. The fourth-order valence-corrected chi connectivity index (χ4v) is 3.14. The summed E-state index contributed by atoms with van der Waals surface area (Å²) in [7, 11) is 0. The molecule has 1 aliphatic carbocycles. The lowest BCUT2D eigenvalue weighted by atomic mass is 9.85. The summed E-state index contributed by atoms with van der Waals surface area (Å²) < 4.78 is 0. The summed E-state index contributed by atoms with van der Waals surface area (Å²) in [4.78, 5) is 12.1. The minimum Gasteiger partial charge on any atom is -0.368 e. The van der Waals surface area contributed by atoms with Crippen molar-refractivity contribution < 1.29 is 4.79 Å². The Labute approximate surface area is 119 Å². The molecule has 0 bridgehead atoms. The van der Waals surface area contributed by atoms with Crippen LogP contribution in [0.15, 0.2) is 24.3 Å². The van der Waals surface area contributed by atoms with Gasteiger partial charge in [0.05, 0.1) is 0 Å². The Morgan fingerprint density at radius 2 is 2.16 bits per heavy atom. The predicted molar refractivity (Wildman–Crippen MR) is 78.0 cm³/mol. The zero-order valence-corrected chi connectivity index (χ0v) is 12.0. The molecule has 1 aromatic carbocycles. The lowest BCUT2D eigenvalue weighted by Gasteiger charge is -2.34. The number of amides is 1. The zero-order valence-electron chi connectivity index (χ0n) is 11.3. The molecule has 1 atom stereocenters. The van der Waals surface area contributed by atoms with Crippen molar-refractivity contribution in [1.29, 1.82) is 0 Å². The van der Waals surface area contributed by atoms with Crippen LogP contribution in [0.4, 0.5) is 0 Å². The van der Waals surface area contributed by atoms with Gasteiger partial charge in [-0.1, -0.05) is 43.5 Å². The quantitative estimate of drug-likeness (QED) is 0.871. The average molecular weight is 281 g/mol. The molecule has 1 fully saturated rings. The van der Waals surface area contributed by atoms with Gasteiger partial charge in [-0.15, -0.1) is 0 Å². The van der Waals surface area contributed by atoms with Crippen LogP contribution in [-0.4, -0.2) is 11.9 Å². The highest BCUT2D eigenvalue weighted by molar-refractivity contribution is 6.30. The van der Waals surface area contributed by atoms with Gasteiger partial charge < -0.3 is 5.73 Å². The molecule has 4 heteroatoms. The fraction of sp³-hybridized carbons (Fsp3) is 0.533. The molecule has 1 aromatic rings. The Morgan fingerprint density at radius 3 is 2.68 bits per heavy atom. The normalized spacial score (nSPS) is 19.3. The first kappa shape index (κ1) is 14.4. The van der Waals surface area contributed by atoms with Crippen LogP contribution in [0.5, 0.6) is 0 Å². The van der Waals surface area contributed by atoms with Gasteiger partial charge in [-0.3, -0.25) is 10.1 Å². The van der Waals surface area contributed by atoms with E-state index in [2.05, 4.69) is 5.32 Å². The van der Waals surface area contributed by atoms with Crippen molar-refractivity contribution in [2.75, 3.05) is 0 Å². The van der Waals surface area contributed by atoms with Gasteiger partial charge in [0.2, 0.25) is 5.91 Å². The molecule has 3 nitrogen and oxygen atoms in total. The van der Waals surface area contributed by atoms with Crippen molar-refractivity contribution in [3.05, 3.63) is 34.9 Å². The maximum Gasteiger partial charge on any atom is 0.242 e. The van der Waals surface area contributed by atoms with Gasteiger partial charge in [0.1, 0.15) is 5.54 Å². The summed E-state index contributed by atoms with van der Waals surface area (Å²) in [5.74, 6) is -0.329. The molecular weight excluding hydrogens is 260 g/mol. The van der Waals surface area contributed by atoms with Crippen LogP contribution < -0.4 is 11.1 Å². The van der Waals surface area contributed by atoms with Crippen molar-refractivity contribution in [3.8, 4) is 0 Å². The molecule has 3 N–H and O–H groups in total. The number of halogens is 1. The van der Waals surface area contributed by atoms with Gasteiger partial charge in [0.15, 0.2) is 0 Å². The third-order valence-electron chi connectivity index (χ3n) is 4.07. The third kappa shape index (κ3) is 2.93. The molecule has 1 amide bonds.